The number of H-pyrrole nitrogens is 1. The van der Waals surface area contributed by atoms with Gasteiger partial charge in [-0.15, -0.1) is 0 Å². The second kappa shape index (κ2) is 6.71. The molecular formula is C15H17N3O3. The van der Waals surface area contributed by atoms with Crippen molar-refractivity contribution in [1.29, 1.82) is 0 Å². The lowest BCUT2D eigenvalue weighted by Crippen LogP contribution is -2.15. The summed E-state index contributed by atoms with van der Waals surface area (Å²) in [5.41, 5.74) is 7.99. The van der Waals surface area contributed by atoms with Crippen molar-refractivity contribution in [2.45, 2.75) is 13.1 Å². The molecule has 1 aromatic carbocycles. The number of carbonyl (C=O) groups excluding carboxylic acids is 2. The highest BCUT2D eigenvalue weighted by Gasteiger charge is 2.07. The van der Waals surface area contributed by atoms with Crippen LogP contribution < -0.4 is 11.1 Å². The zero-order valence-electron chi connectivity index (χ0n) is 11.7. The molecule has 0 aliphatic carbocycles. The van der Waals surface area contributed by atoms with Gasteiger partial charge in [0.15, 0.2) is 0 Å². The van der Waals surface area contributed by atoms with Gasteiger partial charge in [0, 0.05) is 24.3 Å². The number of aromatic amines is 1. The van der Waals surface area contributed by atoms with Crippen LogP contribution in [0.15, 0.2) is 36.4 Å². The summed E-state index contributed by atoms with van der Waals surface area (Å²) >= 11 is 0. The number of nitrogens with one attached hydrogen (secondary N) is 2. The van der Waals surface area contributed by atoms with E-state index >= 15 is 0 Å². The smallest absolute Gasteiger partial charge is 0.354 e. The maximum atomic E-state index is 11.3. The molecule has 2 aromatic rings. The van der Waals surface area contributed by atoms with E-state index in [4.69, 9.17) is 5.73 Å². The van der Waals surface area contributed by atoms with Crippen LogP contribution in [0.5, 0.6) is 0 Å². The highest BCUT2D eigenvalue weighted by molar-refractivity contribution is 5.92. The lowest BCUT2D eigenvalue weighted by atomic mass is 10.1. The minimum Gasteiger partial charge on any atom is -0.464 e. The van der Waals surface area contributed by atoms with Crippen LogP contribution in [-0.2, 0) is 17.8 Å². The zero-order valence-corrected chi connectivity index (χ0v) is 11.7. The number of primary amides is 1. The van der Waals surface area contributed by atoms with Crippen LogP contribution in [0.2, 0.25) is 0 Å². The Balaban J connectivity index is 1.89. The van der Waals surface area contributed by atoms with Crippen molar-refractivity contribution in [3.8, 4) is 0 Å². The number of benzene rings is 1. The monoisotopic (exact) mass is 287 g/mol. The standard InChI is InChI=1S/C15H17N3O3/c1-21-15(20)13-6-5-12(18-13)9-17-8-10-3-2-4-11(7-10)14(16)19/h2-7,17-18H,8-9H2,1H3,(H2,16,19). The van der Waals surface area contributed by atoms with Crippen LogP contribution in [0.1, 0.15) is 32.1 Å². The number of carbonyl (C=O) groups is 2. The quantitative estimate of drug-likeness (QED) is 0.695. The Morgan fingerprint density at radius 1 is 1.24 bits per heavy atom. The molecule has 6 nitrogen and oxygen atoms in total. The molecule has 1 amide bonds. The largest absolute Gasteiger partial charge is 0.464 e. The molecule has 1 aromatic heterocycles. The van der Waals surface area contributed by atoms with Gasteiger partial charge in [-0.3, -0.25) is 4.79 Å². The molecule has 0 unspecified atom stereocenters. The van der Waals surface area contributed by atoms with E-state index in [9.17, 15) is 9.59 Å². The van der Waals surface area contributed by atoms with Crippen LogP contribution >= 0.6 is 0 Å². The highest BCUT2D eigenvalue weighted by Crippen LogP contribution is 2.06. The Morgan fingerprint density at radius 2 is 2.05 bits per heavy atom. The summed E-state index contributed by atoms with van der Waals surface area (Å²) in [5, 5.41) is 3.22. The first-order valence-corrected chi connectivity index (χ1v) is 6.46. The van der Waals surface area contributed by atoms with Gasteiger partial charge in [-0.05, 0) is 29.8 Å². The van der Waals surface area contributed by atoms with Gasteiger partial charge >= 0.3 is 5.97 Å². The second-order valence-electron chi connectivity index (χ2n) is 4.56. The molecule has 0 aliphatic rings. The lowest BCUT2D eigenvalue weighted by molar-refractivity contribution is 0.0594. The van der Waals surface area contributed by atoms with Gasteiger partial charge in [0.2, 0.25) is 5.91 Å². The molecule has 4 N–H and O–H groups in total. The molecule has 0 atom stereocenters. The first-order chi connectivity index (χ1) is 10.1. The van der Waals surface area contributed by atoms with Crippen LogP contribution in [0.3, 0.4) is 0 Å². The summed E-state index contributed by atoms with van der Waals surface area (Å²) in [4.78, 5) is 25.4. The van der Waals surface area contributed by atoms with Crippen LogP contribution in [0.25, 0.3) is 0 Å². The first-order valence-electron chi connectivity index (χ1n) is 6.46. The van der Waals surface area contributed by atoms with Crippen molar-refractivity contribution in [2.24, 2.45) is 5.73 Å². The van der Waals surface area contributed by atoms with Crippen molar-refractivity contribution >= 4 is 11.9 Å². The van der Waals surface area contributed by atoms with Crippen molar-refractivity contribution in [3.05, 3.63) is 58.9 Å². The Hall–Kier alpha value is -2.60. The van der Waals surface area contributed by atoms with Crippen molar-refractivity contribution in [1.82, 2.24) is 10.3 Å². The average molecular weight is 287 g/mol. The number of amides is 1. The average Bonchev–Trinajstić information content (AvgIpc) is 2.95. The molecule has 0 saturated carbocycles. The van der Waals surface area contributed by atoms with Crippen LogP contribution in [0.4, 0.5) is 0 Å². The number of hydrogen-bond acceptors (Lipinski definition) is 4. The maximum absolute atomic E-state index is 11.3. The number of esters is 1. The summed E-state index contributed by atoms with van der Waals surface area (Å²) in [5.74, 6) is -0.834. The fraction of sp³-hybridized carbons (Fsp3) is 0.200. The fourth-order valence-corrected chi connectivity index (χ4v) is 1.95. The van der Waals surface area contributed by atoms with Gasteiger partial charge in [0.05, 0.1) is 7.11 Å². The summed E-state index contributed by atoms with van der Waals surface area (Å²) in [7, 11) is 1.34. The molecular weight excluding hydrogens is 270 g/mol. The number of aromatic nitrogens is 1. The van der Waals surface area contributed by atoms with E-state index in [-0.39, 0.29) is 0 Å². The van der Waals surface area contributed by atoms with Gasteiger partial charge in [-0.25, -0.2) is 4.79 Å². The van der Waals surface area contributed by atoms with Crippen molar-refractivity contribution in [2.75, 3.05) is 7.11 Å². The number of ether oxygens (including phenoxy) is 1. The van der Waals surface area contributed by atoms with Gasteiger partial charge < -0.3 is 20.8 Å². The number of hydrogen-bond donors (Lipinski definition) is 3. The Morgan fingerprint density at radius 3 is 2.76 bits per heavy atom. The molecule has 2 rings (SSSR count). The van der Waals surface area contributed by atoms with Crippen LogP contribution in [-0.4, -0.2) is 24.0 Å². The van der Waals surface area contributed by atoms with Gasteiger partial charge in [0.1, 0.15) is 5.69 Å². The van der Waals surface area contributed by atoms with Crippen LogP contribution in [0, 0.1) is 0 Å². The predicted molar refractivity (Wildman–Crippen MR) is 77.6 cm³/mol. The molecule has 6 heteroatoms. The SMILES string of the molecule is COC(=O)c1ccc(CNCc2cccc(C(N)=O)c2)[nH]1. The summed E-state index contributed by atoms with van der Waals surface area (Å²) < 4.78 is 4.62. The normalized spacial score (nSPS) is 10.3. The third-order valence-corrected chi connectivity index (χ3v) is 3.01. The highest BCUT2D eigenvalue weighted by atomic mass is 16.5. The van der Waals surface area contributed by atoms with Crippen molar-refractivity contribution in [3.63, 3.8) is 0 Å². The number of rotatable bonds is 6. The summed E-state index contributed by atoms with van der Waals surface area (Å²) in [6.45, 7) is 1.16. The van der Waals surface area contributed by atoms with E-state index in [1.165, 1.54) is 7.11 Å². The molecule has 21 heavy (non-hydrogen) atoms. The Labute approximate surface area is 122 Å². The second-order valence-corrected chi connectivity index (χ2v) is 4.56. The third kappa shape index (κ3) is 3.93. The van der Waals surface area contributed by atoms with E-state index in [1.54, 1.807) is 24.3 Å². The summed E-state index contributed by atoms with van der Waals surface area (Å²) in [6.07, 6.45) is 0. The molecule has 0 bridgehead atoms. The molecule has 110 valence electrons. The fourth-order valence-electron chi connectivity index (χ4n) is 1.95. The van der Waals surface area contributed by atoms with Gasteiger partial charge in [0.25, 0.3) is 0 Å². The van der Waals surface area contributed by atoms with E-state index < -0.39 is 11.9 Å². The topological polar surface area (TPSA) is 97.2 Å². The predicted octanol–water partition coefficient (Wildman–Crippen LogP) is 1.19. The van der Waals surface area contributed by atoms with E-state index in [1.807, 2.05) is 12.1 Å². The minimum atomic E-state index is -0.441. The van der Waals surface area contributed by atoms with Gasteiger partial charge in [-0.2, -0.15) is 0 Å². The lowest BCUT2D eigenvalue weighted by Gasteiger charge is -2.05. The summed E-state index contributed by atoms with van der Waals surface area (Å²) in [6, 6.07) is 10.6. The number of methoxy groups -OCH3 is 1. The third-order valence-electron chi connectivity index (χ3n) is 3.01. The number of nitrogens with two attached hydrogens (primary N) is 1. The van der Waals surface area contributed by atoms with Gasteiger partial charge in [-0.1, -0.05) is 12.1 Å². The maximum Gasteiger partial charge on any atom is 0.354 e. The first kappa shape index (κ1) is 14.8. The molecule has 0 fully saturated rings. The zero-order chi connectivity index (χ0) is 15.2. The van der Waals surface area contributed by atoms with Crippen molar-refractivity contribution < 1.29 is 14.3 Å². The van der Waals surface area contributed by atoms with E-state index in [2.05, 4.69) is 15.0 Å². The molecule has 0 spiro atoms. The Bertz CT molecular complexity index is 649. The molecule has 0 saturated heterocycles. The molecule has 0 radical (unpaired) electrons. The van der Waals surface area contributed by atoms with E-state index in [0.717, 1.165) is 11.3 Å². The molecule has 0 aliphatic heterocycles. The Kier molecular flexibility index (Phi) is 4.73. The molecule has 1 heterocycles. The van der Waals surface area contributed by atoms with E-state index in [0.29, 0.717) is 24.3 Å². The minimum absolute atomic E-state index is 0.393.